The van der Waals surface area contributed by atoms with E-state index in [9.17, 15) is 9.18 Å². The van der Waals surface area contributed by atoms with E-state index in [-0.39, 0.29) is 11.4 Å². The molecule has 104 valence electrons. The number of rotatable bonds is 3. The van der Waals surface area contributed by atoms with Crippen LogP contribution in [0.2, 0.25) is 0 Å². The molecule has 2 aromatic carbocycles. The van der Waals surface area contributed by atoms with Gasteiger partial charge in [0.05, 0.1) is 5.69 Å². The van der Waals surface area contributed by atoms with Gasteiger partial charge >= 0.3 is 0 Å². The van der Waals surface area contributed by atoms with Crippen LogP contribution in [0.15, 0.2) is 42.5 Å². The number of carbonyl (C=O) groups is 1. The molecule has 4 nitrogen and oxygen atoms in total. The first-order valence-electron chi connectivity index (χ1n) is 6.04. The average Bonchev–Trinajstić information content (AvgIpc) is 2.42. The Kier molecular flexibility index (Phi) is 3.89. The highest BCUT2D eigenvalue weighted by atomic mass is 19.1. The van der Waals surface area contributed by atoms with Gasteiger partial charge in [0.2, 0.25) is 0 Å². The lowest BCUT2D eigenvalue weighted by molar-refractivity contribution is 0.102. The van der Waals surface area contributed by atoms with E-state index >= 15 is 0 Å². The number of nitrogens with zero attached hydrogens (tertiary/aromatic N) is 1. The van der Waals surface area contributed by atoms with Gasteiger partial charge in [-0.2, -0.15) is 0 Å². The summed E-state index contributed by atoms with van der Waals surface area (Å²) in [6.45, 7) is 0. The van der Waals surface area contributed by atoms with Crippen LogP contribution in [0.5, 0.6) is 5.75 Å². The predicted molar refractivity (Wildman–Crippen MR) is 76.8 cm³/mol. The summed E-state index contributed by atoms with van der Waals surface area (Å²) in [5.41, 5.74) is 1.34. The summed E-state index contributed by atoms with van der Waals surface area (Å²) < 4.78 is 13.6. The third-order valence-electron chi connectivity index (χ3n) is 2.83. The molecule has 0 saturated carbocycles. The number of carbonyl (C=O) groups excluding carboxylic acids is 1. The van der Waals surface area contributed by atoms with Crippen LogP contribution in [0, 0.1) is 5.82 Å². The highest BCUT2D eigenvalue weighted by Crippen LogP contribution is 2.21. The second-order valence-electron chi connectivity index (χ2n) is 4.56. The number of aromatic hydroxyl groups is 1. The maximum absolute atomic E-state index is 13.6. The number of halogens is 1. The Hall–Kier alpha value is -2.56. The molecule has 0 radical (unpaired) electrons. The number of nitrogens with one attached hydrogen (secondary N) is 1. The lowest BCUT2D eigenvalue weighted by atomic mass is 10.1. The maximum atomic E-state index is 13.6. The van der Waals surface area contributed by atoms with Gasteiger partial charge in [0.15, 0.2) is 0 Å². The fourth-order valence-electron chi connectivity index (χ4n) is 1.73. The van der Waals surface area contributed by atoms with Gasteiger partial charge in [-0.15, -0.1) is 0 Å². The zero-order valence-corrected chi connectivity index (χ0v) is 11.2. The van der Waals surface area contributed by atoms with Crippen LogP contribution in [-0.2, 0) is 0 Å². The van der Waals surface area contributed by atoms with Crippen molar-refractivity contribution in [2.75, 3.05) is 24.3 Å². The third kappa shape index (κ3) is 3.06. The zero-order chi connectivity index (χ0) is 14.7. The van der Waals surface area contributed by atoms with Crippen molar-refractivity contribution >= 4 is 17.3 Å². The molecule has 0 aliphatic heterocycles. The second kappa shape index (κ2) is 5.61. The molecule has 0 unspecified atom stereocenters. The first-order chi connectivity index (χ1) is 9.47. The second-order valence-corrected chi connectivity index (χ2v) is 4.56. The standard InChI is InChI=1S/C15H15FN2O2/c1-18(2)11-5-3-4-10(8-11)15(20)17-14-7-6-12(19)9-13(14)16/h3-9,19H,1-2H3,(H,17,20). The molecule has 0 aromatic heterocycles. The van der Waals surface area contributed by atoms with Crippen molar-refractivity contribution in [2.45, 2.75) is 0 Å². The van der Waals surface area contributed by atoms with Crippen molar-refractivity contribution in [3.8, 4) is 5.75 Å². The number of phenols is 1. The number of phenolic OH excluding ortho intramolecular Hbond substituents is 1. The van der Waals surface area contributed by atoms with Gasteiger partial charge in [0, 0.05) is 31.4 Å². The minimum Gasteiger partial charge on any atom is -0.508 e. The van der Waals surface area contributed by atoms with E-state index in [1.54, 1.807) is 18.2 Å². The molecule has 0 heterocycles. The first-order valence-corrected chi connectivity index (χ1v) is 6.04. The van der Waals surface area contributed by atoms with Crippen molar-refractivity contribution in [3.63, 3.8) is 0 Å². The Morgan fingerprint density at radius 3 is 2.60 bits per heavy atom. The molecule has 0 saturated heterocycles. The molecule has 0 aliphatic rings. The Bertz CT molecular complexity index is 642. The zero-order valence-electron chi connectivity index (χ0n) is 11.2. The molecular weight excluding hydrogens is 259 g/mol. The molecule has 2 aromatic rings. The highest BCUT2D eigenvalue weighted by molar-refractivity contribution is 6.04. The van der Waals surface area contributed by atoms with Gasteiger partial charge in [0.25, 0.3) is 5.91 Å². The van der Waals surface area contributed by atoms with E-state index < -0.39 is 11.7 Å². The van der Waals surface area contributed by atoms with E-state index in [1.807, 2.05) is 25.1 Å². The van der Waals surface area contributed by atoms with Crippen LogP contribution in [0.1, 0.15) is 10.4 Å². The monoisotopic (exact) mass is 274 g/mol. The summed E-state index contributed by atoms with van der Waals surface area (Å²) >= 11 is 0. The SMILES string of the molecule is CN(C)c1cccc(C(=O)Nc2ccc(O)cc2F)c1. The molecule has 0 fully saturated rings. The van der Waals surface area contributed by atoms with Crippen LogP contribution >= 0.6 is 0 Å². The average molecular weight is 274 g/mol. The van der Waals surface area contributed by atoms with Gasteiger partial charge in [-0.25, -0.2) is 4.39 Å². The number of hydrogen-bond acceptors (Lipinski definition) is 3. The number of benzene rings is 2. The fraction of sp³-hybridized carbons (Fsp3) is 0.133. The summed E-state index contributed by atoms with van der Waals surface area (Å²) in [5, 5.41) is 11.6. The smallest absolute Gasteiger partial charge is 0.255 e. The Labute approximate surface area is 116 Å². The Morgan fingerprint density at radius 2 is 1.95 bits per heavy atom. The Balaban J connectivity index is 2.21. The molecule has 0 spiro atoms. The molecule has 1 amide bonds. The quantitative estimate of drug-likeness (QED) is 0.846. The number of amides is 1. The van der Waals surface area contributed by atoms with Crippen LogP contribution in [0.4, 0.5) is 15.8 Å². The van der Waals surface area contributed by atoms with E-state index in [1.165, 1.54) is 12.1 Å². The number of hydrogen-bond donors (Lipinski definition) is 2. The molecule has 2 N–H and O–H groups in total. The highest BCUT2D eigenvalue weighted by Gasteiger charge is 2.10. The van der Waals surface area contributed by atoms with Gasteiger partial charge in [-0.1, -0.05) is 6.07 Å². The third-order valence-corrected chi connectivity index (χ3v) is 2.83. The molecule has 20 heavy (non-hydrogen) atoms. The predicted octanol–water partition coefficient (Wildman–Crippen LogP) is 2.85. The number of anilines is 2. The first kappa shape index (κ1) is 13.9. The van der Waals surface area contributed by atoms with Gasteiger partial charge < -0.3 is 15.3 Å². The summed E-state index contributed by atoms with van der Waals surface area (Å²) in [5.74, 6) is -1.27. The lowest BCUT2D eigenvalue weighted by Gasteiger charge is -2.13. The van der Waals surface area contributed by atoms with Crippen LogP contribution in [-0.4, -0.2) is 25.1 Å². The van der Waals surface area contributed by atoms with Gasteiger partial charge in [0.1, 0.15) is 11.6 Å². The van der Waals surface area contributed by atoms with E-state index in [0.717, 1.165) is 11.8 Å². The van der Waals surface area contributed by atoms with E-state index in [4.69, 9.17) is 5.11 Å². The molecular formula is C15H15FN2O2. The molecule has 2 rings (SSSR count). The lowest BCUT2D eigenvalue weighted by Crippen LogP contribution is -2.14. The summed E-state index contributed by atoms with van der Waals surface area (Å²) in [4.78, 5) is 13.9. The minimum atomic E-state index is -0.679. The van der Waals surface area contributed by atoms with Crippen molar-refractivity contribution in [3.05, 3.63) is 53.8 Å². The summed E-state index contributed by atoms with van der Waals surface area (Å²) in [7, 11) is 3.74. The normalized spacial score (nSPS) is 10.2. The Morgan fingerprint density at radius 1 is 1.20 bits per heavy atom. The van der Waals surface area contributed by atoms with E-state index in [0.29, 0.717) is 5.56 Å². The van der Waals surface area contributed by atoms with E-state index in [2.05, 4.69) is 5.32 Å². The summed E-state index contributed by atoms with van der Waals surface area (Å²) in [6.07, 6.45) is 0. The molecule has 0 aliphatic carbocycles. The summed E-state index contributed by atoms with van der Waals surface area (Å²) in [6, 6.07) is 10.6. The maximum Gasteiger partial charge on any atom is 0.255 e. The molecule has 5 heteroatoms. The van der Waals surface area contributed by atoms with Gasteiger partial charge in [-0.3, -0.25) is 4.79 Å². The van der Waals surface area contributed by atoms with Crippen LogP contribution < -0.4 is 10.2 Å². The minimum absolute atomic E-state index is 0.0306. The van der Waals surface area contributed by atoms with Crippen molar-refractivity contribution in [2.24, 2.45) is 0 Å². The van der Waals surface area contributed by atoms with Crippen molar-refractivity contribution in [1.82, 2.24) is 0 Å². The fourth-order valence-corrected chi connectivity index (χ4v) is 1.73. The van der Waals surface area contributed by atoms with Crippen LogP contribution in [0.25, 0.3) is 0 Å². The van der Waals surface area contributed by atoms with Crippen molar-refractivity contribution in [1.29, 1.82) is 0 Å². The largest absolute Gasteiger partial charge is 0.508 e. The van der Waals surface area contributed by atoms with Crippen molar-refractivity contribution < 1.29 is 14.3 Å². The molecule has 0 bridgehead atoms. The topological polar surface area (TPSA) is 52.6 Å². The van der Waals surface area contributed by atoms with Crippen LogP contribution in [0.3, 0.4) is 0 Å². The molecule has 0 atom stereocenters. The van der Waals surface area contributed by atoms with Gasteiger partial charge in [-0.05, 0) is 30.3 Å².